The molecule has 8 nitrogen and oxygen atoms in total. The maximum absolute atomic E-state index is 12.8. The molecule has 0 aliphatic heterocycles. The largest absolute Gasteiger partial charge is 0.460 e. The third kappa shape index (κ3) is 4.56. The lowest BCUT2D eigenvalue weighted by molar-refractivity contribution is -0.384. The van der Waals surface area contributed by atoms with Crippen LogP contribution in [0.2, 0.25) is 5.02 Å². The molecule has 0 amide bonds. The van der Waals surface area contributed by atoms with E-state index in [0.717, 1.165) is 17.2 Å². The normalized spacial score (nSPS) is 10.8. The summed E-state index contributed by atoms with van der Waals surface area (Å²) in [6, 6.07) is 13.5. The predicted octanol–water partition coefficient (Wildman–Crippen LogP) is 5.98. The molecule has 0 N–H and O–H groups in total. The number of nitro groups is 1. The number of fused-ring (bicyclic) bond motifs is 1. The lowest BCUT2D eigenvalue weighted by atomic mass is 10.1. The molecule has 1 aromatic heterocycles. The van der Waals surface area contributed by atoms with Gasteiger partial charge >= 0.3 is 5.97 Å². The van der Waals surface area contributed by atoms with Crippen molar-refractivity contribution in [2.24, 2.45) is 0 Å². The monoisotopic (exact) mass is 465 g/mol. The number of nitro benzene ring substituents is 1. The van der Waals surface area contributed by atoms with Crippen molar-refractivity contribution in [2.75, 3.05) is 0 Å². The van der Waals surface area contributed by atoms with Gasteiger partial charge in [0.25, 0.3) is 5.69 Å². The van der Waals surface area contributed by atoms with E-state index in [-0.39, 0.29) is 38.5 Å². The van der Waals surface area contributed by atoms with Crippen LogP contribution in [0.5, 0.6) is 17.2 Å². The van der Waals surface area contributed by atoms with Crippen LogP contribution < -0.4 is 14.9 Å². The minimum atomic E-state index is -0.827. The Morgan fingerprint density at radius 1 is 1.03 bits per heavy atom. The number of rotatable bonds is 5. The van der Waals surface area contributed by atoms with Gasteiger partial charge in [0.15, 0.2) is 0 Å². The van der Waals surface area contributed by atoms with Crippen LogP contribution in [-0.4, -0.2) is 10.9 Å². The second kappa shape index (κ2) is 8.76. The first-order valence-electron chi connectivity index (χ1n) is 9.70. The molecule has 1 heterocycles. The summed E-state index contributed by atoms with van der Waals surface area (Å²) in [5.74, 6) is -0.165. The van der Waals surface area contributed by atoms with Gasteiger partial charge in [0.2, 0.25) is 11.2 Å². The summed E-state index contributed by atoms with van der Waals surface area (Å²) in [4.78, 5) is 35.6. The minimum absolute atomic E-state index is 0.0226. The third-order valence-electron chi connectivity index (χ3n) is 4.87. The number of aryl methyl sites for hydroxylation is 2. The van der Waals surface area contributed by atoms with E-state index >= 15 is 0 Å². The molecule has 0 aliphatic rings. The van der Waals surface area contributed by atoms with Crippen molar-refractivity contribution in [3.8, 4) is 17.2 Å². The highest BCUT2D eigenvalue weighted by molar-refractivity contribution is 6.32. The second-order valence-electron chi connectivity index (χ2n) is 7.27. The van der Waals surface area contributed by atoms with Crippen LogP contribution in [-0.2, 0) is 0 Å². The fourth-order valence-electron chi connectivity index (χ4n) is 3.11. The van der Waals surface area contributed by atoms with Gasteiger partial charge in [-0.3, -0.25) is 14.9 Å². The number of halogens is 1. The number of carbonyl (C=O) groups is 1. The summed E-state index contributed by atoms with van der Waals surface area (Å²) >= 11 is 5.77. The Bertz CT molecular complexity index is 1480. The predicted molar refractivity (Wildman–Crippen MR) is 122 cm³/mol. The molecule has 4 aromatic rings. The summed E-state index contributed by atoms with van der Waals surface area (Å²) in [7, 11) is 0. The maximum Gasteiger partial charge on any atom is 0.343 e. The number of nitrogens with zero attached hydrogens (tertiary/aromatic N) is 1. The average molecular weight is 466 g/mol. The molecule has 0 bridgehead atoms. The number of hydrogen-bond donors (Lipinski definition) is 0. The lowest BCUT2D eigenvalue weighted by Gasteiger charge is -2.10. The van der Waals surface area contributed by atoms with Gasteiger partial charge in [-0.1, -0.05) is 23.7 Å². The average Bonchev–Trinajstić information content (AvgIpc) is 2.78. The van der Waals surface area contributed by atoms with E-state index < -0.39 is 16.6 Å². The molecule has 0 unspecified atom stereocenters. The Kier molecular flexibility index (Phi) is 5.85. The van der Waals surface area contributed by atoms with Crippen molar-refractivity contribution in [2.45, 2.75) is 13.8 Å². The van der Waals surface area contributed by atoms with E-state index in [2.05, 4.69) is 0 Å². The molecule has 0 atom stereocenters. The van der Waals surface area contributed by atoms with Gasteiger partial charge < -0.3 is 13.9 Å². The van der Waals surface area contributed by atoms with Crippen LogP contribution in [0.3, 0.4) is 0 Å². The Labute approximate surface area is 192 Å². The van der Waals surface area contributed by atoms with Crippen LogP contribution in [0, 0.1) is 24.0 Å². The molecule has 0 spiro atoms. The zero-order valence-electron chi connectivity index (χ0n) is 17.5. The Balaban J connectivity index is 1.60. The van der Waals surface area contributed by atoms with Crippen molar-refractivity contribution in [1.29, 1.82) is 0 Å². The van der Waals surface area contributed by atoms with Gasteiger partial charge in [0.05, 0.1) is 15.9 Å². The number of carbonyl (C=O) groups excluding carboxylic acids is 1. The molecule has 0 aliphatic carbocycles. The van der Waals surface area contributed by atoms with Gasteiger partial charge in [-0.15, -0.1) is 0 Å². The number of hydrogen-bond acceptors (Lipinski definition) is 7. The zero-order valence-corrected chi connectivity index (χ0v) is 18.2. The standard InChI is InChI=1S/C24H16ClNO7/c1-13-3-4-14(2)20(9-13)33-22-12-31-21-11-16(6-7-17(21)23(22)27)32-24(28)15-5-8-18(25)19(10-15)26(29)30/h3-12H,1-2H3. The number of ether oxygens (including phenoxy) is 2. The van der Waals surface area contributed by atoms with Crippen LogP contribution in [0.15, 0.2) is 70.1 Å². The van der Waals surface area contributed by atoms with E-state index in [1.807, 2.05) is 32.0 Å². The quantitative estimate of drug-likeness (QED) is 0.154. The lowest BCUT2D eigenvalue weighted by Crippen LogP contribution is -2.10. The van der Waals surface area contributed by atoms with Crippen LogP contribution in [0.4, 0.5) is 5.69 Å². The Hall–Kier alpha value is -4.17. The minimum Gasteiger partial charge on any atom is -0.460 e. The summed E-state index contributed by atoms with van der Waals surface area (Å²) in [6.07, 6.45) is 1.20. The van der Waals surface area contributed by atoms with Gasteiger partial charge in [-0.2, -0.15) is 0 Å². The second-order valence-corrected chi connectivity index (χ2v) is 7.68. The fourth-order valence-corrected chi connectivity index (χ4v) is 3.29. The van der Waals surface area contributed by atoms with Crippen LogP contribution >= 0.6 is 11.6 Å². The molecule has 166 valence electrons. The maximum atomic E-state index is 12.8. The first kappa shape index (κ1) is 22.0. The van der Waals surface area contributed by atoms with Crippen molar-refractivity contribution < 1.29 is 23.6 Å². The Morgan fingerprint density at radius 3 is 2.58 bits per heavy atom. The van der Waals surface area contributed by atoms with E-state index in [1.165, 1.54) is 36.6 Å². The molecule has 0 saturated carbocycles. The summed E-state index contributed by atoms with van der Waals surface area (Å²) in [5.41, 5.74) is 1.18. The first-order chi connectivity index (χ1) is 15.7. The van der Waals surface area contributed by atoms with E-state index in [0.29, 0.717) is 5.75 Å². The van der Waals surface area contributed by atoms with Crippen LogP contribution in [0.1, 0.15) is 21.5 Å². The summed E-state index contributed by atoms with van der Waals surface area (Å²) in [6.45, 7) is 3.79. The van der Waals surface area contributed by atoms with E-state index in [1.54, 1.807) is 0 Å². The highest BCUT2D eigenvalue weighted by atomic mass is 35.5. The smallest absolute Gasteiger partial charge is 0.343 e. The topological polar surface area (TPSA) is 109 Å². The third-order valence-corrected chi connectivity index (χ3v) is 5.19. The van der Waals surface area contributed by atoms with E-state index in [4.69, 9.17) is 25.5 Å². The molecule has 0 radical (unpaired) electrons. The molecule has 3 aromatic carbocycles. The van der Waals surface area contributed by atoms with Crippen LogP contribution in [0.25, 0.3) is 11.0 Å². The SMILES string of the molecule is Cc1ccc(C)c(Oc2coc3cc(OC(=O)c4ccc(Cl)c([N+](=O)[O-])c4)ccc3c2=O)c1. The van der Waals surface area contributed by atoms with Gasteiger partial charge in [0.1, 0.15) is 28.4 Å². The summed E-state index contributed by atoms with van der Waals surface area (Å²) < 4.78 is 16.6. The summed E-state index contributed by atoms with van der Waals surface area (Å²) in [5, 5.41) is 11.2. The zero-order chi connectivity index (χ0) is 23.7. The highest BCUT2D eigenvalue weighted by Crippen LogP contribution is 2.28. The fraction of sp³-hybridized carbons (Fsp3) is 0.0833. The molecular weight excluding hydrogens is 450 g/mol. The van der Waals surface area contributed by atoms with Gasteiger partial charge in [-0.05, 0) is 55.3 Å². The highest BCUT2D eigenvalue weighted by Gasteiger charge is 2.18. The van der Waals surface area contributed by atoms with Gasteiger partial charge in [0, 0.05) is 12.1 Å². The number of benzene rings is 3. The van der Waals surface area contributed by atoms with Gasteiger partial charge in [-0.25, -0.2) is 4.79 Å². The molecule has 0 saturated heterocycles. The first-order valence-corrected chi connectivity index (χ1v) is 10.1. The van der Waals surface area contributed by atoms with Crippen molar-refractivity contribution in [3.63, 3.8) is 0 Å². The van der Waals surface area contributed by atoms with Crippen molar-refractivity contribution >= 4 is 34.2 Å². The van der Waals surface area contributed by atoms with E-state index in [9.17, 15) is 19.7 Å². The molecule has 4 rings (SSSR count). The molecule has 9 heteroatoms. The Morgan fingerprint density at radius 2 is 1.82 bits per heavy atom. The van der Waals surface area contributed by atoms with Crippen molar-refractivity contribution in [3.05, 3.63) is 103 Å². The molecule has 0 fully saturated rings. The molecule has 33 heavy (non-hydrogen) atoms. The number of esters is 1. The van der Waals surface area contributed by atoms with Crippen molar-refractivity contribution in [1.82, 2.24) is 0 Å². The molecular formula is C24H16ClNO7.